The van der Waals surface area contributed by atoms with Gasteiger partial charge in [0.2, 0.25) is 5.82 Å². The van der Waals surface area contributed by atoms with Gasteiger partial charge in [-0.15, -0.1) is 16.4 Å². The van der Waals surface area contributed by atoms with Crippen LogP contribution in [-0.4, -0.2) is 49.1 Å². The number of hydrogen-bond donors (Lipinski definition) is 0. The molecule has 0 aliphatic carbocycles. The van der Waals surface area contributed by atoms with Gasteiger partial charge in [0.05, 0.1) is 17.6 Å². The van der Waals surface area contributed by atoms with Crippen molar-refractivity contribution in [1.29, 1.82) is 0 Å². The molecule has 170 valence electrons. The number of carbonyl (C=O) groups excluding carboxylic acids is 1. The lowest BCUT2D eigenvalue weighted by atomic mass is 9.90. The average Bonchev–Trinajstić information content (AvgIpc) is 3.40. The van der Waals surface area contributed by atoms with Crippen molar-refractivity contribution in [3.05, 3.63) is 58.5 Å². The predicted octanol–water partition coefficient (Wildman–Crippen LogP) is 4.29. The Morgan fingerprint density at radius 1 is 1.21 bits per heavy atom. The monoisotopic (exact) mass is 461 g/mol. The van der Waals surface area contributed by atoms with Gasteiger partial charge in [0, 0.05) is 24.4 Å². The molecule has 0 saturated carbocycles. The molecule has 7 nitrogen and oxygen atoms in total. The SMILES string of the molecule is CC1(C)Cc2c(sc3ncn4nc(C(=O)N5CCC(Cc6ccccc6)CC5)nc4c23)CO1. The summed E-state index contributed by atoms with van der Waals surface area (Å²) in [7, 11) is 0. The lowest BCUT2D eigenvalue weighted by molar-refractivity contribution is -0.0379. The molecular formula is C25H27N5O2S. The first-order valence-electron chi connectivity index (χ1n) is 11.6. The van der Waals surface area contributed by atoms with Crippen LogP contribution < -0.4 is 0 Å². The lowest BCUT2D eigenvalue weighted by Crippen LogP contribution is -2.39. The predicted molar refractivity (Wildman–Crippen MR) is 128 cm³/mol. The molecule has 0 atom stereocenters. The van der Waals surface area contributed by atoms with Crippen molar-refractivity contribution < 1.29 is 9.53 Å². The van der Waals surface area contributed by atoms with Gasteiger partial charge >= 0.3 is 0 Å². The molecule has 8 heteroatoms. The fourth-order valence-corrected chi connectivity index (χ4v) is 6.13. The van der Waals surface area contributed by atoms with E-state index in [1.54, 1.807) is 22.2 Å². The highest BCUT2D eigenvalue weighted by molar-refractivity contribution is 7.19. The summed E-state index contributed by atoms with van der Waals surface area (Å²) in [5, 5.41) is 5.53. The molecule has 1 fully saturated rings. The first kappa shape index (κ1) is 20.7. The Labute approximate surface area is 196 Å². The average molecular weight is 462 g/mol. The topological polar surface area (TPSA) is 72.6 Å². The smallest absolute Gasteiger partial charge is 0.293 e. The Morgan fingerprint density at radius 2 is 2.00 bits per heavy atom. The van der Waals surface area contributed by atoms with E-state index in [1.165, 1.54) is 16.0 Å². The Balaban J connectivity index is 1.24. The van der Waals surface area contributed by atoms with E-state index in [9.17, 15) is 4.79 Å². The minimum absolute atomic E-state index is 0.0854. The van der Waals surface area contributed by atoms with Gasteiger partial charge in [-0.1, -0.05) is 30.3 Å². The number of carbonyl (C=O) groups is 1. The van der Waals surface area contributed by atoms with Gasteiger partial charge in [0.15, 0.2) is 5.65 Å². The van der Waals surface area contributed by atoms with E-state index < -0.39 is 0 Å². The molecule has 3 aromatic heterocycles. The van der Waals surface area contributed by atoms with E-state index >= 15 is 0 Å². The van der Waals surface area contributed by atoms with E-state index in [0.29, 0.717) is 12.5 Å². The molecule has 6 rings (SSSR count). The van der Waals surface area contributed by atoms with Crippen LogP contribution in [0.5, 0.6) is 0 Å². The Kier molecular flexibility index (Phi) is 4.96. The number of rotatable bonds is 3. The molecule has 0 spiro atoms. The highest BCUT2D eigenvalue weighted by Gasteiger charge is 2.32. The summed E-state index contributed by atoms with van der Waals surface area (Å²) in [5.41, 5.74) is 3.10. The fraction of sp³-hybridized carbons (Fsp3) is 0.440. The minimum atomic E-state index is -0.226. The van der Waals surface area contributed by atoms with E-state index in [2.05, 4.69) is 54.3 Å². The molecule has 33 heavy (non-hydrogen) atoms. The second kappa shape index (κ2) is 7.88. The molecule has 4 aromatic rings. The van der Waals surface area contributed by atoms with Crippen LogP contribution >= 0.6 is 11.3 Å². The number of fused-ring (bicyclic) bond motifs is 5. The highest BCUT2D eigenvalue weighted by atomic mass is 32.1. The largest absolute Gasteiger partial charge is 0.370 e. The summed E-state index contributed by atoms with van der Waals surface area (Å²) in [5.74, 6) is 0.784. The van der Waals surface area contributed by atoms with Crippen molar-refractivity contribution in [3.63, 3.8) is 0 Å². The number of likely N-dealkylation sites (tertiary alicyclic amines) is 1. The van der Waals surface area contributed by atoms with Gasteiger partial charge in [0.25, 0.3) is 5.91 Å². The zero-order valence-corrected chi connectivity index (χ0v) is 19.8. The van der Waals surface area contributed by atoms with Crippen molar-refractivity contribution >= 4 is 33.1 Å². The van der Waals surface area contributed by atoms with Crippen LogP contribution in [-0.2, 0) is 24.2 Å². The molecule has 5 heterocycles. The first-order chi connectivity index (χ1) is 16.0. The Hall–Kier alpha value is -2.84. The van der Waals surface area contributed by atoms with Crippen molar-refractivity contribution in [1.82, 2.24) is 24.5 Å². The summed E-state index contributed by atoms with van der Waals surface area (Å²) >= 11 is 1.65. The fourth-order valence-electron chi connectivity index (χ4n) is 5.06. The van der Waals surface area contributed by atoms with Gasteiger partial charge in [-0.05, 0) is 50.2 Å². The van der Waals surface area contributed by atoms with Crippen LogP contribution in [0.25, 0.3) is 15.9 Å². The molecule has 0 unspecified atom stereocenters. The molecule has 2 aliphatic rings. The molecule has 0 bridgehead atoms. The number of nitrogens with zero attached hydrogens (tertiary/aromatic N) is 5. The maximum absolute atomic E-state index is 13.3. The van der Waals surface area contributed by atoms with Crippen molar-refractivity contribution in [2.45, 2.75) is 51.7 Å². The first-order valence-corrected chi connectivity index (χ1v) is 12.4. The third-order valence-electron chi connectivity index (χ3n) is 6.87. The van der Waals surface area contributed by atoms with Crippen LogP contribution in [0.1, 0.15) is 53.3 Å². The summed E-state index contributed by atoms with van der Waals surface area (Å²) < 4.78 is 7.64. The van der Waals surface area contributed by atoms with Crippen molar-refractivity contribution in [3.8, 4) is 0 Å². The van der Waals surface area contributed by atoms with E-state index in [4.69, 9.17) is 9.72 Å². The zero-order valence-electron chi connectivity index (χ0n) is 19.0. The molecule has 2 aliphatic heterocycles. The van der Waals surface area contributed by atoms with Gasteiger partial charge in [-0.25, -0.2) is 14.5 Å². The molecule has 0 radical (unpaired) electrons. The van der Waals surface area contributed by atoms with Crippen LogP contribution in [0.3, 0.4) is 0 Å². The second-order valence-corrected chi connectivity index (χ2v) is 10.9. The third kappa shape index (κ3) is 3.81. The summed E-state index contributed by atoms with van der Waals surface area (Å²) in [6.45, 7) is 6.30. The maximum atomic E-state index is 13.3. The number of amides is 1. The van der Waals surface area contributed by atoms with E-state index in [-0.39, 0.29) is 17.3 Å². The quantitative estimate of drug-likeness (QED) is 0.455. The maximum Gasteiger partial charge on any atom is 0.293 e. The number of thiophene rings is 1. The van der Waals surface area contributed by atoms with Gasteiger partial charge in [-0.3, -0.25) is 4.79 Å². The Bertz CT molecular complexity index is 1340. The van der Waals surface area contributed by atoms with Gasteiger partial charge in [0.1, 0.15) is 11.2 Å². The second-order valence-electron chi connectivity index (χ2n) is 9.78. The number of benzene rings is 1. The normalized spacial score (nSPS) is 18.7. The standard InChI is InChI=1S/C25H27N5O2S/c1-25(2)13-18-19(14-32-25)33-23-20(18)22-27-21(28-30(22)15-26-23)24(31)29-10-8-17(9-11-29)12-16-6-4-3-5-7-16/h3-7,15,17H,8-14H2,1-2H3. The summed E-state index contributed by atoms with van der Waals surface area (Å²) in [4.78, 5) is 26.6. The molecule has 0 N–H and O–H groups in total. The number of aromatic nitrogens is 4. The van der Waals surface area contributed by atoms with E-state index in [0.717, 1.165) is 54.6 Å². The number of ether oxygens (including phenoxy) is 1. The lowest BCUT2D eigenvalue weighted by Gasteiger charge is -2.31. The van der Waals surface area contributed by atoms with Crippen LogP contribution in [0.2, 0.25) is 0 Å². The van der Waals surface area contributed by atoms with Crippen LogP contribution in [0.4, 0.5) is 0 Å². The molecule has 1 aromatic carbocycles. The van der Waals surface area contributed by atoms with E-state index in [1.807, 2.05) is 4.90 Å². The molecule has 1 saturated heterocycles. The number of hydrogen-bond acceptors (Lipinski definition) is 6. The Morgan fingerprint density at radius 3 is 2.79 bits per heavy atom. The van der Waals surface area contributed by atoms with Crippen molar-refractivity contribution in [2.24, 2.45) is 5.92 Å². The molecule has 1 amide bonds. The van der Waals surface area contributed by atoms with Gasteiger partial charge < -0.3 is 9.64 Å². The van der Waals surface area contributed by atoms with Crippen LogP contribution in [0.15, 0.2) is 36.7 Å². The minimum Gasteiger partial charge on any atom is -0.370 e. The number of piperidine rings is 1. The van der Waals surface area contributed by atoms with Gasteiger partial charge in [-0.2, -0.15) is 0 Å². The summed E-state index contributed by atoms with van der Waals surface area (Å²) in [6.07, 6.45) is 5.55. The zero-order chi connectivity index (χ0) is 22.6. The highest BCUT2D eigenvalue weighted by Crippen LogP contribution is 2.39. The third-order valence-corrected chi connectivity index (χ3v) is 7.98. The summed E-state index contributed by atoms with van der Waals surface area (Å²) in [6, 6.07) is 10.6. The van der Waals surface area contributed by atoms with Crippen LogP contribution in [0, 0.1) is 5.92 Å². The molecular weight excluding hydrogens is 434 g/mol. The van der Waals surface area contributed by atoms with Crippen molar-refractivity contribution in [2.75, 3.05) is 13.1 Å².